The van der Waals surface area contributed by atoms with E-state index in [2.05, 4.69) is 20.3 Å². The van der Waals surface area contributed by atoms with Crippen LogP contribution in [0.15, 0.2) is 42.9 Å². The molecule has 24 heavy (non-hydrogen) atoms. The van der Waals surface area contributed by atoms with Crippen LogP contribution >= 0.6 is 0 Å². The second kappa shape index (κ2) is 6.03. The highest BCUT2D eigenvalue weighted by atomic mass is 19.1. The number of anilines is 1. The van der Waals surface area contributed by atoms with Crippen LogP contribution in [0.3, 0.4) is 0 Å². The quantitative estimate of drug-likeness (QED) is 0.779. The predicted octanol–water partition coefficient (Wildman–Crippen LogP) is 3.60. The first-order chi connectivity index (χ1) is 11.7. The lowest BCUT2D eigenvalue weighted by Crippen LogP contribution is -2.05. The van der Waals surface area contributed by atoms with E-state index in [4.69, 9.17) is 0 Å². The summed E-state index contributed by atoms with van der Waals surface area (Å²) in [5.41, 5.74) is 1.37. The van der Waals surface area contributed by atoms with Crippen LogP contribution < -0.4 is 5.32 Å². The van der Waals surface area contributed by atoms with Gasteiger partial charge in [-0.25, -0.2) is 19.3 Å². The smallest absolute Gasteiger partial charge is 0.147 e. The molecule has 0 spiro atoms. The molecule has 6 heteroatoms. The van der Waals surface area contributed by atoms with E-state index in [0.29, 0.717) is 18.2 Å². The average molecular weight is 323 g/mol. The minimum Gasteiger partial charge on any atom is -0.366 e. The number of benzene rings is 1. The van der Waals surface area contributed by atoms with Gasteiger partial charge in [-0.3, -0.25) is 0 Å². The fourth-order valence-electron chi connectivity index (χ4n) is 2.69. The molecule has 2 heterocycles. The molecule has 0 radical (unpaired) electrons. The Morgan fingerprint density at radius 2 is 2.08 bits per heavy atom. The number of nitrogens with zero attached hydrogens (tertiary/aromatic N) is 4. The minimum absolute atomic E-state index is 0.267. The van der Waals surface area contributed by atoms with Gasteiger partial charge in [0.25, 0.3) is 0 Å². The van der Waals surface area contributed by atoms with Crippen LogP contribution in [0.2, 0.25) is 0 Å². The third-order valence-electron chi connectivity index (χ3n) is 4.19. The number of halogens is 1. The molecule has 1 aliphatic rings. The standard InChI is InChI=1S/C18H18FN5/c1-12-20-8-9-24(12)16-5-2-13(10-15(16)19)11-22-17-6-7-21-18(23-17)14-3-4-14/h2,5-10,14H,3-4,11H2,1H3,(H,21,22,23). The monoisotopic (exact) mass is 323 g/mol. The Morgan fingerprint density at radius 1 is 1.21 bits per heavy atom. The number of aryl methyl sites for hydroxylation is 1. The average Bonchev–Trinajstić information content (AvgIpc) is 3.36. The first-order valence-electron chi connectivity index (χ1n) is 8.06. The summed E-state index contributed by atoms with van der Waals surface area (Å²) in [7, 11) is 0. The van der Waals surface area contributed by atoms with E-state index in [-0.39, 0.29) is 5.82 Å². The summed E-state index contributed by atoms with van der Waals surface area (Å²) >= 11 is 0. The van der Waals surface area contributed by atoms with Crippen LogP contribution in [-0.4, -0.2) is 19.5 Å². The van der Waals surface area contributed by atoms with Crippen molar-refractivity contribution >= 4 is 5.82 Å². The molecule has 0 unspecified atom stereocenters. The molecular formula is C18H18FN5. The highest BCUT2D eigenvalue weighted by Crippen LogP contribution is 2.38. The molecule has 0 aliphatic heterocycles. The Balaban J connectivity index is 1.48. The lowest BCUT2D eigenvalue weighted by molar-refractivity contribution is 0.614. The normalized spacial score (nSPS) is 13.9. The van der Waals surface area contributed by atoms with Crippen molar-refractivity contribution in [3.63, 3.8) is 0 Å². The van der Waals surface area contributed by atoms with E-state index in [1.807, 2.05) is 19.1 Å². The second-order valence-corrected chi connectivity index (χ2v) is 6.06. The van der Waals surface area contributed by atoms with Gasteiger partial charge in [-0.15, -0.1) is 0 Å². The van der Waals surface area contributed by atoms with Gasteiger partial charge in [0.15, 0.2) is 0 Å². The lowest BCUT2D eigenvalue weighted by Gasteiger charge is -2.10. The summed E-state index contributed by atoms with van der Waals surface area (Å²) in [6, 6.07) is 7.07. The van der Waals surface area contributed by atoms with E-state index in [1.54, 1.807) is 35.3 Å². The van der Waals surface area contributed by atoms with Gasteiger partial charge >= 0.3 is 0 Å². The highest BCUT2D eigenvalue weighted by Gasteiger charge is 2.26. The van der Waals surface area contributed by atoms with Crippen molar-refractivity contribution in [2.45, 2.75) is 32.2 Å². The van der Waals surface area contributed by atoms with Gasteiger partial charge in [0.2, 0.25) is 0 Å². The van der Waals surface area contributed by atoms with Gasteiger partial charge in [0, 0.05) is 31.1 Å². The van der Waals surface area contributed by atoms with Crippen LogP contribution in [0, 0.1) is 12.7 Å². The Bertz CT molecular complexity index is 869. The maximum atomic E-state index is 14.4. The van der Waals surface area contributed by atoms with E-state index in [9.17, 15) is 4.39 Å². The molecule has 4 rings (SSSR count). The van der Waals surface area contributed by atoms with Crippen molar-refractivity contribution in [2.75, 3.05) is 5.32 Å². The SMILES string of the molecule is Cc1nccn1-c1ccc(CNc2ccnc(C3CC3)n2)cc1F. The van der Waals surface area contributed by atoms with Crippen LogP contribution in [0.1, 0.15) is 36.0 Å². The van der Waals surface area contributed by atoms with Gasteiger partial charge in [-0.1, -0.05) is 6.07 Å². The molecule has 5 nitrogen and oxygen atoms in total. The zero-order chi connectivity index (χ0) is 16.5. The fourth-order valence-corrected chi connectivity index (χ4v) is 2.69. The molecule has 1 saturated carbocycles. The molecule has 122 valence electrons. The number of hydrogen-bond donors (Lipinski definition) is 1. The van der Waals surface area contributed by atoms with Crippen molar-refractivity contribution in [3.8, 4) is 5.69 Å². The fraction of sp³-hybridized carbons (Fsp3) is 0.278. The van der Waals surface area contributed by atoms with Crippen molar-refractivity contribution in [2.24, 2.45) is 0 Å². The minimum atomic E-state index is -0.267. The van der Waals surface area contributed by atoms with E-state index in [1.165, 1.54) is 12.8 Å². The number of nitrogens with one attached hydrogen (secondary N) is 1. The summed E-state index contributed by atoms with van der Waals surface area (Å²) in [6.45, 7) is 2.36. The molecule has 1 aliphatic carbocycles. The van der Waals surface area contributed by atoms with Crippen molar-refractivity contribution < 1.29 is 4.39 Å². The molecule has 0 bridgehead atoms. The molecule has 0 amide bonds. The molecule has 1 N–H and O–H groups in total. The topological polar surface area (TPSA) is 55.6 Å². The Labute approximate surface area is 139 Å². The maximum Gasteiger partial charge on any atom is 0.147 e. The summed E-state index contributed by atoms with van der Waals surface area (Å²) in [6.07, 6.45) is 7.53. The highest BCUT2D eigenvalue weighted by molar-refractivity contribution is 5.40. The van der Waals surface area contributed by atoms with Crippen molar-refractivity contribution in [1.82, 2.24) is 19.5 Å². The molecular weight excluding hydrogens is 305 g/mol. The summed E-state index contributed by atoms with van der Waals surface area (Å²) in [5.74, 6) is 2.69. The first kappa shape index (κ1) is 14.8. The first-order valence-corrected chi connectivity index (χ1v) is 8.06. The summed E-state index contributed by atoms with van der Waals surface area (Å²) in [4.78, 5) is 12.9. The van der Waals surface area contributed by atoms with Crippen LogP contribution in [-0.2, 0) is 6.54 Å². The molecule has 0 saturated heterocycles. The van der Waals surface area contributed by atoms with Gasteiger partial charge in [-0.05, 0) is 43.5 Å². The largest absolute Gasteiger partial charge is 0.366 e. The Morgan fingerprint density at radius 3 is 2.79 bits per heavy atom. The number of rotatable bonds is 5. The zero-order valence-electron chi connectivity index (χ0n) is 13.4. The van der Waals surface area contributed by atoms with Gasteiger partial charge < -0.3 is 9.88 Å². The van der Waals surface area contributed by atoms with Crippen molar-refractivity contribution in [3.05, 3.63) is 65.9 Å². The Hall–Kier alpha value is -2.76. The third kappa shape index (κ3) is 2.99. The van der Waals surface area contributed by atoms with Gasteiger partial charge in [0.1, 0.15) is 23.3 Å². The molecule has 3 aromatic rings. The predicted molar refractivity (Wildman–Crippen MR) is 89.6 cm³/mol. The summed E-state index contributed by atoms with van der Waals surface area (Å²) < 4.78 is 16.1. The number of imidazole rings is 1. The van der Waals surface area contributed by atoms with Gasteiger partial charge in [0.05, 0.1) is 5.69 Å². The molecule has 1 fully saturated rings. The molecule has 2 aromatic heterocycles. The molecule has 0 atom stereocenters. The third-order valence-corrected chi connectivity index (χ3v) is 4.19. The second-order valence-electron chi connectivity index (χ2n) is 6.06. The van der Waals surface area contributed by atoms with E-state index >= 15 is 0 Å². The lowest BCUT2D eigenvalue weighted by atomic mass is 10.2. The number of hydrogen-bond acceptors (Lipinski definition) is 4. The van der Waals surface area contributed by atoms with Crippen LogP contribution in [0.25, 0.3) is 5.69 Å². The van der Waals surface area contributed by atoms with Crippen molar-refractivity contribution in [1.29, 1.82) is 0 Å². The van der Waals surface area contributed by atoms with Gasteiger partial charge in [-0.2, -0.15) is 0 Å². The van der Waals surface area contributed by atoms with E-state index in [0.717, 1.165) is 23.0 Å². The molecule has 1 aromatic carbocycles. The van der Waals surface area contributed by atoms with Crippen LogP contribution in [0.5, 0.6) is 0 Å². The maximum absolute atomic E-state index is 14.4. The van der Waals surface area contributed by atoms with Crippen LogP contribution in [0.4, 0.5) is 10.2 Å². The summed E-state index contributed by atoms with van der Waals surface area (Å²) in [5, 5.41) is 3.24. The number of aromatic nitrogens is 4. The van der Waals surface area contributed by atoms with E-state index < -0.39 is 0 Å². The zero-order valence-corrected chi connectivity index (χ0v) is 13.4. The Kier molecular flexibility index (Phi) is 3.72.